The summed E-state index contributed by atoms with van der Waals surface area (Å²) >= 11 is 0. The highest BCUT2D eigenvalue weighted by Crippen LogP contribution is 2.20. The molecule has 0 aliphatic carbocycles. The number of methoxy groups -OCH3 is 2. The highest BCUT2D eigenvalue weighted by Gasteiger charge is 2.17. The van der Waals surface area contributed by atoms with Gasteiger partial charge in [0.1, 0.15) is 19.3 Å². The quantitative estimate of drug-likeness (QED) is 0.0866. The number of nitrogens with zero attached hydrogens (tertiary/aromatic N) is 6. The first kappa shape index (κ1) is 27.7. The molecule has 0 atom stereocenters. The molecule has 2 rings (SSSR count). The van der Waals surface area contributed by atoms with Crippen molar-refractivity contribution in [2.75, 3.05) is 20.8 Å². The molecule has 0 N–H and O–H groups in total. The molecule has 0 fully saturated rings. The smallest absolute Gasteiger partial charge is 0.338 e. The average Bonchev–Trinajstić information content (AvgIpc) is 3.23. The summed E-state index contributed by atoms with van der Waals surface area (Å²) in [5, 5.41) is 8.04. The summed E-state index contributed by atoms with van der Waals surface area (Å²) in [6.45, 7) is 1.64. The largest absolute Gasteiger partial charge is 0.485 e. The molecule has 11 nitrogen and oxygen atoms in total. The normalized spacial score (nSPS) is 10.5. The Morgan fingerprint density at radius 1 is 0.971 bits per heavy atom. The molecule has 1 aromatic heterocycles. The predicted octanol–water partition coefficient (Wildman–Crippen LogP) is 4.29. The minimum absolute atomic E-state index is 0.207. The van der Waals surface area contributed by atoms with Crippen LogP contribution >= 0.6 is 0 Å². The number of ether oxygens (including phenoxy) is 3. The van der Waals surface area contributed by atoms with Crippen LogP contribution in [0.1, 0.15) is 77.8 Å². The van der Waals surface area contributed by atoms with Gasteiger partial charge in [-0.05, 0) is 43.0 Å². The second-order valence-corrected chi connectivity index (χ2v) is 8.20. The van der Waals surface area contributed by atoms with E-state index >= 15 is 0 Å². The number of carbonyl (C=O) groups excluding carboxylic acids is 2. The van der Waals surface area contributed by atoms with Crippen LogP contribution in [-0.4, -0.2) is 42.6 Å². The predicted molar refractivity (Wildman–Crippen MR) is 128 cm³/mol. The fourth-order valence-electron chi connectivity index (χ4n) is 3.62. The van der Waals surface area contributed by atoms with Crippen molar-refractivity contribution in [3.8, 4) is 5.75 Å². The van der Waals surface area contributed by atoms with E-state index in [0.29, 0.717) is 12.3 Å². The Labute approximate surface area is 205 Å². The van der Waals surface area contributed by atoms with E-state index in [1.165, 1.54) is 58.1 Å². The Balaban J connectivity index is 1.79. The third-order valence-electron chi connectivity index (χ3n) is 5.56. The number of aromatic nitrogens is 3. The van der Waals surface area contributed by atoms with Gasteiger partial charge in [-0.2, -0.15) is 0 Å². The van der Waals surface area contributed by atoms with Gasteiger partial charge in [0.25, 0.3) is 0 Å². The van der Waals surface area contributed by atoms with Crippen LogP contribution in [0.5, 0.6) is 5.75 Å². The van der Waals surface area contributed by atoms with E-state index in [1.807, 2.05) is 17.9 Å². The monoisotopic (exact) mass is 487 g/mol. The highest BCUT2D eigenvalue weighted by molar-refractivity contribution is 5.96. The fraction of sp³-hybridized carbons (Fsp3) is 0.583. The number of hydrogen-bond donors (Lipinski definition) is 0. The summed E-state index contributed by atoms with van der Waals surface area (Å²) < 4.78 is 19.0. The molecule has 0 radical (unpaired) electrons. The molecule has 0 saturated heterocycles. The summed E-state index contributed by atoms with van der Waals surface area (Å²) in [5.41, 5.74) is 9.52. The third-order valence-corrected chi connectivity index (χ3v) is 5.56. The van der Waals surface area contributed by atoms with Gasteiger partial charge in [0.15, 0.2) is 12.8 Å². The molecular formula is C24H35N6O5+. The number of benzene rings is 1. The van der Waals surface area contributed by atoms with Gasteiger partial charge in [-0.25, -0.2) is 9.59 Å². The van der Waals surface area contributed by atoms with Crippen LogP contribution in [0.15, 0.2) is 29.5 Å². The second-order valence-electron chi connectivity index (χ2n) is 8.20. The molecule has 0 bridgehead atoms. The molecular weight excluding hydrogens is 452 g/mol. The van der Waals surface area contributed by atoms with E-state index in [2.05, 4.69) is 15.2 Å². The van der Waals surface area contributed by atoms with Gasteiger partial charge in [0, 0.05) is 11.5 Å². The molecule has 1 heterocycles. The lowest BCUT2D eigenvalue weighted by Crippen LogP contribution is -2.35. The standard InChI is InChI=1S/C24H35N6O5/c1-29-21(17-30(28-29)13-11-9-7-5-4-6-8-10-12-26-27-25)18-35-22-15-19(23(31)33-2)14-20(16-22)24(32)34-3/h14-17H,4-13,18H2,1-3H3/q+1. The van der Waals surface area contributed by atoms with Gasteiger partial charge in [0.05, 0.1) is 30.6 Å². The van der Waals surface area contributed by atoms with Crippen molar-refractivity contribution in [2.24, 2.45) is 12.2 Å². The van der Waals surface area contributed by atoms with Crippen molar-refractivity contribution in [3.63, 3.8) is 0 Å². The van der Waals surface area contributed by atoms with Crippen molar-refractivity contribution in [1.82, 2.24) is 9.90 Å². The van der Waals surface area contributed by atoms with E-state index in [1.54, 1.807) is 4.68 Å². The zero-order chi connectivity index (χ0) is 25.5. The number of carbonyl (C=O) groups is 2. The van der Waals surface area contributed by atoms with Gasteiger partial charge < -0.3 is 14.2 Å². The zero-order valence-corrected chi connectivity index (χ0v) is 20.8. The Morgan fingerprint density at radius 3 is 2.11 bits per heavy atom. The molecule has 0 spiro atoms. The fourth-order valence-corrected chi connectivity index (χ4v) is 3.62. The Kier molecular flexibility index (Phi) is 12.1. The van der Waals surface area contributed by atoms with Crippen LogP contribution in [0.4, 0.5) is 0 Å². The lowest BCUT2D eigenvalue weighted by molar-refractivity contribution is -0.755. The first-order valence-corrected chi connectivity index (χ1v) is 11.9. The number of aryl methyl sites for hydroxylation is 2. The minimum Gasteiger partial charge on any atom is -0.485 e. The van der Waals surface area contributed by atoms with Crippen LogP contribution in [0.3, 0.4) is 0 Å². The molecule has 35 heavy (non-hydrogen) atoms. The first-order valence-electron chi connectivity index (χ1n) is 11.9. The molecule has 0 aliphatic rings. The van der Waals surface area contributed by atoms with Gasteiger partial charge in [-0.3, -0.25) is 0 Å². The lowest BCUT2D eigenvalue weighted by atomic mass is 10.1. The van der Waals surface area contributed by atoms with Crippen molar-refractivity contribution < 1.29 is 28.5 Å². The van der Waals surface area contributed by atoms with E-state index in [9.17, 15) is 9.59 Å². The molecule has 0 unspecified atom stereocenters. The van der Waals surface area contributed by atoms with E-state index in [-0.39, 0.29) is 17.7 Å². The number of rotatable bonds is 16. The van der Waals surface area contributed by atoms with E-state index in [4.69, 9.17) is 19.7 Å². The van der Waals surface area contributed by atoms with Gasteiger partial charge in [0.2, 0.25) is 5.69 Å². The average molecular weight is 488 g/mol. The Hall–Kier alpha value is -3.59. The summed E-state index contributed by atoms with van der Waals surface area (Å²) in [4.78, 5) is 26.7. The summed E-state index contributed by atoms with van der Waals surface area (Å²) in [6, 6.07) is 4.47. The van der Waals surface area contributed by atoms with Gasteiger partial charge >= 0.3 is 11.9 Å². The number of esters is 2. The molecule has 2 aromatic rings. The molecule has 0 saturated carbocycles. The minimum atomic E-state index is -0.565. The first-order chi connectivity index (χ1) is 17.0. The van der Waals surface area contributed by atoms with Crippen molar-refractivity contribution >= 4 is 11.9 Å². The Bertz CT molecular complexity index is 982. The maximum absolute atomic E-state index is 11.9. The highest BCUT2D eigenvalue weighted by atomic mass is 16.5. The van der Waals surface area contributed by atoms with Crippen molar-refractivity contribution in [2.45, 2.75) is 64.5 Å². The van der Waals surface area contributed by atoms with Crippen LogP contribution in [0.2, 0.25) is 0 Å². The number of unbranched alkanes of at least 4 members (excludes halogenated alkanes) is 7. The number of hydrogen-bond acceptors (Lipinski definition) is 7. The SMILES string of the molecule is COC(=O)c1cc(OCc2c[n+](CCCCCCCCCCN=[N+]=[N-])nn2C)cc(C(=O)OC)c1. The third kappa shape index (κ3) is 9.66. The maximum atomic E-state index is 11.9. The summed E-state index contributed by atoms with van der Waals surface area (Å²) in [7, 11) is 4.40. The Morgan fingerprint density at radius 2 is 1.54 bits per heavy atom. The topological polar surface area (TPSA) is 132 Å². The van der Waals surface area contributed by atoms with Crippen molar-refractivity contribution in [3.05, 3.63) is 51.7 Å². The van der Waals surface area contributed by atoms with Crippen LogP contribution in [0.25, 0.3) is 10.4 Å². The lowest BCUT2D eigenvalue weighted by Gasteiger charge is -2.08. The number of azide groups is 1. The van der Waals surface area contributed by atoms with E-state index in [0.717, 1.165) is 37.9 Å². The molecule has 1 aromatic carbocycles. The molecule has 0 amide bonds. The van der Waals surface area contributed by atoms with Gasteiger partial charge in [-0.1, -0.05) is 37.2 Å². The van der Waals surface area contributed by atoms with E-state index < -0.39 is 11.9 Å². The molecule has 11 heteroatoms. The summed E-state index contributed by atoms with van der Waals surface area (Å²) in [6.07, 6.45) is 11.0. The molecule has 190 valence electrons. The zero-order valence-electron chi connectivity index (χ0n) is 20.8. The van der Waals surface area contributed by atoms with Crippen LogP contribution in [-0.2, 0) is 29.7 Å². The van der Waals surface area contributed by atoms with Crippen molar-refractivity contribution in [1.29, 1.82) is 0 Å². The van der Waals surface area contributed by atoms with Gasteiger partial charge in [-0.15, -0.1) is 9.36 Å². The second kappa shape index (κ2) is 15.3. The van der Waals surface area contributed by atoms with Crippen LogP contribution < -0.4 is 9.42 Å². The summed E-state index contributed by atoms with van der Waals surface area (Å²) in [5.74, 6) is -0.771. The van der Waals surface area contributed by atoms with Crippen LogP contribution in [0, 0.1) is 0 Å². The maximum Gasteiger partial charge on any atom is 0.338 e. The molecule has 0 aliphatic heterocycles.